The van der Waals surface area contributed by atoms with E-state index in [2.05, 4.69) is 34.4 Å². The lowest BCUT2D eigenvalue weighted by Gasteiger charge is -2.55. The minimum atomic E-state index is -1.11. The van der Waals surface area contributed by atoms with E-state index in [-0.39, 0.29) is 34.7 Å². The van der Waals surface area contributed by atoms with Crippen molar-refractivity contribution in [2.24, 2.45) is 33.2 Å². The molecule has 4 aliphatic rings. The highest BCUT2D eigenvalue weighted by Crippen LogP contribution is 2.42. The molecule has 4 rings (SSSR count). The molecular weight excluding hydrogens is 497 g/mol. The number of nitrogens with one attached hydrogen (secondary N) is 2. The molecule has 222 valence electrons. The Hall–Kier alpha value is -1.62. The lowest BCUT2D eigenvalue weighted by Crippen LogP contribution is -2.66. The van der Waals surface area contributed by atoms with Crippen molar-refractivity contribution in [2.45, 2.75) is 109 Å². The van der Waals surface area contributed by atoms with Gasteiger partial charge in [0.05, 0.1) is 24.2 Å². The molecule has 0 radical (unpaired) electrons. The topological polar surface area (TPSA) is 129 Å². The van der Waals surface area contributed by atoms with Crippen LogP contribution in [0.5, 0.6) is 0 Å². The molecule has 0 aliphatic carbocycles. The van der Waals surface area contributed by atoms with Crippen LogP contribution in [0.25, 0.3) is 0 Å². The smallest absolute Gasteiger partial charge is 0.228 e. The number of carbonyl (C=O) groups excluding carboxylic acids is 2. The average molecular weight is 550 g/mol. The van der Waals surface area contributed by atoms with Crippen LogP contribution in [0.4, 0.5) is 4.39 Å². The fraction of sp³-hybridized carbons (Fsp3) is 0.897. The van der Waals surface area contributed by atoms with Crippen molar-refractivity contribution < 1.29 is 14.0 Å². The van der Waals surface area contributed by atoms with Crippen LogP contribution < -0.4 is 22.1 Å². The number of aliphatic imine (C=N–C) groups is 1. The van der Waals surface area contributed by atoms with Gasteiger partial charge in [-0.15, -0.1) is 0 Å². The number of piperidine rings is 2. The molecule has 4 aliphatic heterocycles. The predicted octanol–water partition coefficient (Wildman–Crippen LogP) is 1.80. The summed E-state index contributed by atoms with van der Waals surface area (Å²) in [6.45, 7) is 11.3. The molecule has 0 saturated carbocycles. The van der Waals surface area contributed by atoms with E-state index in [0.29, 0.717) is 19.4 Å². The van der Waals surface area contributed by atoms with Gasteiger partial charge in [0.25, 0.3) is 0 Å². The molecule has 1 spiro atoms. The summed E-state index contributed by atoms with van der Waals surface area (Å²) >= 11 is 0. The molecule has 0 aromatic carbocycles. The van der Waals surface area contributed by atoms with Crippen LogP contribution in [0.3, 0.4) is 0 Å². The van der Waals surface area contributed by atoms with Crippen LogP contribution in [-0.4, -0.2) is 97.6 Å². The van der Waals surface area contributed by atoms with Gasteiger partial charge in [0, 0.05) is 44.2 Å². The quantitative estimate of drug-likeness (QED) is 0.342. The van der Waals surface area contributed by atoms with E-state index >= 15 is 0 Å². The summed E-state index contributed by atoms with van der Waals surface area (Å²) in [6, 6.07) is -0.273. The number of nitrogens with zero attached hydrogens (tertiary/aromatic N) is 3. The number of carbonyl (C=O) groups is 2. The highest BCUT2D eigenvalue weighted by atomic mass is 19.1. The zero-order chi connectivity index (χ0) is 28.2. The third-order valence-electron chi connectivity index (χ3n) is 10.0. The monoisotopic (exact) mass is 549 g/mol. The van der Waals surface area contributed by atoms with Crippen molar-refractivity contribution in [2.75, 3.05) is 39.3 Å². The second-order valence-electron chi connectivity index (χ2n) is 13.2. The van der Waals surface area contributed by atoms with E-state index < -0.39 is 24.3 Å². The van der Waals surface area contributed by atoms with E-state index in [1.54, 1.807) is 6.92 Å². The van der Waals surface area contributed by atoms with Crippen molar-refractivity contribution in [3.8, 4) is 0 Å². The first-order valence-corrected chi connectivity index (χ1v) is 15.2. The molecule has 0 aromatic rings. The Morgan fingerprint density at radius 2 is 1.92 bits per heavy atom. The number of likely N-dealkylation sites (tertiary alicyclic amines) is 2. The summed E-state index contributed by atoms with van der Waals surface area (Å²) in [5, 5.41) is 6.76. The fourth-order valence-corrected chi connectivity index (χ4v) is 7.42. The maximum Gasteiger partial charge on any atom is 0.228 e. The predicted molar refractivity (Wildman–Crippen MR) is 153 cm³/mol. The molecule has 0 bridgehead atoms. The Balaban J connectivity index is 1.42. The van der Waals surface area contributed by atoms with Crippen LogP contribution in [-0.2, 0) is 9.59 Å². The Morgan fingerprint density at radius 1 is 1.21 bits per heavy atom. The Bertz CT molecular complexity index is 870. The van der Waals surface area contributed by atoms with Crippen molar-refractivity contribution in [1.82, 2.24) is 20.4 Å². The number of unbranched alkanes of at least 4 members (excludes halogenated alkanes) is 1. The van der Waals surface area contributed by atoms with Gasteiger partial charge in [-0.25, -0.2) is 4.39 Å². The minimum absolute atomic E-state index is 0.0606. The molecule has 2 amide bonds. The molecule has 3 saturated heterocycles. The highest BCUT2D eigenvalue weighted by Gasteiger charge is 2.47. The third-order valence-corrected chi connectivity index (χ3v) is 10.0. The third kappa shape index (κ3) is 7.37. The molecular formula is C29H52FN7O2. The lowest BCUT2D eigenvalue weighted by molar-refractivity contribution is -0.145. The number of amides is 2. The number of hydrogen-bond donors (Lipinski definition) is 4. The van der Waals surface area contributed by atoms with Gasteiger partial charge >= 0.3 is 0 Å². The summed E-state index contributed by atoms with van der Waals surface area (Å²) in [5.41, 5.74) is 12.6. The largest absolute Gasteiger partial charge is 0.350 e. The normalized spacial score (nSPS) is 34.3. The Kier molecular flexibility index (Phi) is 10.0. The first kappa shape index (κ1) is 30.3. The molecule has 10 heteroatoms. The van der Waals surface area contributed by atoms with Gasteiger partial charge < -0.3 is 27.0 Å². The average Bonchev–Trinajstić information content (AvgIpc) is 2.87. The SMILES string of the molecule is CCCCC1(C)CCC(F)C=NC(C(C(=O)NC2CNCCC2N2CCC3(CC2)CN(C(C)=O)C3)C(N)N)C1. The zero-order valence-corrected chi connectivity index (χ0v) is 24.3. The standard InChI is InChI=1S/C29H52FN7O2/c1-4-5-8-28(3)9-6-21(30)16-34-22(15-28)25(26(31)32)27(39)35-23-17-33-12-7-24(23)36-13-10-29(11-14-36)18-37(19-29)20(2)38/h16,21-26,33H,4-15,17-19,31-32H2,1-3H3,(H,35,39). The van der Waals surface area contributed by atoms with Crippen LogP contribution >= 0.6 is 0 Å². The molecule has 9 nitrogen and oxygen atoms in total. The molecule has 6 unspecified atom stereocenters. The maximum atomic E-state index is 14.6. The summed E-state index contributed by atoms with van der Waals surface area (Å²) in [7, 11) is 0. The maximum absolute atomic E-state index is 14.6. The van der Waals surface area contributed by atoms with Crippen molar-refractivity contribution in [3.63, 3.8) is 0 Å². The summed E-state index contributed by atoms with van der Waals surface area (Å²) < 4.78 is 14.6. The first-order valence-electron chi connectivity index (χ1n) is 15.2. The van der Waals surface area contributed by atoms with Crippen LogP contribution in [0, 0.1) is 16.7 Å². The van der Waals surface area contributed by atoms with Gasteiger partial charge in [-0.1, -0.05) is 26.7 Å². The second-order valence-corrected chi connectivity index (χ2v) is 13.2. The van der Waals surface area contributed by atoms with Gasteiger partial charge in [-0.3, -0.25) is 19.5 Å². The van der Waals surface area contributed by atoms with Gasteiger partial charge in [0.2, 0.25) is 11.8 Å². The fourth-order valence-electron chi connectivity index (χ4n) is 7.42. The van der Waals surface area contributed by atoms with E-state index in [9.17, 15) is 14.0 Å². The molecule has 6 atom stereocenters. The number of halogens is 1. The zero-order valence-electron chi connectivity index (χ0n) is 24.3. The van der Waals surface area contributed by atoms with Crippen molar-refractivity contribution >= 4 is 18.0 Å². The second kappa shape index (κ2) is 12.9. The highest BCUT2D eigenvalue weighted by molar-refractivity contribution is 5.81. The number of rotatable bonds is 8. The van der Waals surface area contributed by atoms with Gasteiger partial charge in [-0.2, -0.15) is 0 Å². The lowest BCUT2D eigenvalue weighted by atomic mass is 9.71. The van der Waals surface area contributed by atoms with Crippen molar-refractivity contribution in [3.05, 3.63) is 0 Å². The number of hydrogen-bond acceptors (Lipinski definition) is 7. The summed E-state index contributed by atoms with van der Waals surface area (Å²) in [5.74, 6) is -0.727. The Morgan fingerprint density at radius 3 is 2.56 bits per heavy atom. The summed E-state index contributed by atoms with van der Waals surface area (Å²) in [6.07, 6.45) is 7.51. The number of nitrogens with two attached hydrogens (primary N) is 2. The van der Waals surface area contributed by atoms with Gasteiger partial charge in [-0.05, 0) is 70.0 Å². The van der Waals surface area contributed by atoms with E-state index in [4.69, 9.17) is 11.5 Å². The van der Waals surface area contributed by atoms with Crippen LogP contribution in [0.15, 0.2) is 4.99 Å². The van der Waals surface area contributed by atoms with Gasteiger partial charge in [0.15, 0.2) is 0 Å². The van der Waals surface area contributed by atoms with Crippen LogP contribution in [0.2, 0.25) is 0 Å². The molecule has 39 heavy (non-hydrogen) atoms. The summed E-state index contributed by atoms with van der Waals surface area (Å²) in [4.78, 5) is 34.6. The molecule has 6 N–H and O–H groups in total. The Labute approximate surface area is 234 Å². The van der Waals surface area contributed by atoms with Crippen molar-refractivity contribution in [1.29, 1.82) is 0 Å². The first-order chi connectivity index (χ1) is 18.5. The minimum Gasteiger partial charge on any atom is -0.350 e. The molecule has 3 fully saturated rings. The molecule has 0 aromatic heterocycles. The van der Waals surface area contributed by atoms with E-state index in [1.807, 2.05) is 4.90 Å². The number of alkyl halides is 1. The van der Waals surface area contributed by atoms with Gasteiger partial charge in [0.1, 0.15) is 6.17 Å². The van der Waals surface area contributed by atoms with E-state index in [0.717, 1.165) is 77.7 Å². The van der Waals surface area contributed by atoms with E-state index in [1.165, 1.54) is 6.21 Å². The van der Waals surface area contributed by atoms with Crippen LogP contribution in [0.1, 0.15) is 78.6 Å². The molecule has 4 heterocycles.